The number of aromatic nitrogens is 1. The average Bonchev–Trinajstić information content (AvgIpc) is 3.45. The van der Waals surface area contributed by atoms with Crippen LogP contribution in [0.25, 0.3) is 71.2 Å². The van der Waals surface area contributed by atoms with E-state index >= 15 is 0 Å². The number of fused-ring (bicyclic) bond motifs is 10. The second-order valence-corrected chi connectivity index (χ2v) is 8.88. The molecule has 0 amide bonds. The SMILES string of the molecule is O=c1oc2c(ccc3c4ccccc4n(-c4cccc5c4oc4ccccc45)c32)c2ccccc12. The minimum absolute atomic E-state index is 0.334. The van der Waals surface area contributed by atoms with Crippen LogP contribution in [-0.2, 0) is 0 Å². The van der Waals surface area contributed by atoms with Crippen LogP contribution in [0.2, 0.25) is 0 Å². The normalized spacial score (nSPS) is 12.1. The van der Waals surface area contributed by atoms with E-state index in [1.165, 1.54) is 0 Å². The Kier molecular flexibility index (Phi) is 3.51. The zero-order chi connectivity index (χ0) is 23.1. The summed E-state index contributed by atoms with van der Waals surface area (Å²) in [5.41, 5.74) is 4.69. The molecular weight excluding hydrogens is 434 g/mol. The fourth-order valence-electron chi connectivity index (χ4n) is 5.54. The third kappa shape index (κ3) is 2.38. The van der Waals surface area contributed by atoms with Gasteiger partial charge in [-0.05, 0) is 35.7 Å². The standard InChI is InChI=1S/C31H17NO3/c33-31-24-11-2-1-8-18(24)23-17-16-21-19-9-3-5-13-25(19)32(28(21)30(23)35-31)26-14-7-12-22-20-10-4-6-15-27(20)34-29(22)26/h1-17H. The monoisotopic (exact) mass is 451 g/mol. The molecule has 5 aromatic carbocycles. The van der Waals surface area contributed by atoms with Crippen molar-refractivity contribution >= 4 is 65.5 Å². The molecule has 35 heavy (non-hydrogen) atoms. The van der Waals surface area contributed by atoms with Gasteiger partial charge in [0.2, 0.25) is 0 Å². The van der Waals surface area contributed by atoms with Crippen LogP contribution >= 0.6 is 0 Å². The van der Waals surface area contributed by atoms with Crippen molar-refractivity contribution in [1.82, 2.24) is 4.57 Å². The van der Waals surface area contributed by atoms with Crippen molar-refractivity contribution in [3.8, 4) is 5.69 Å². The van der Waals surface area contributed by atoms with E-state index in [1.54, 1.807) is 0 Å². The molecule has 0 N–H and O–H groups in total. The molecule has 0 fully saturated rings. The summed E-state index contributed by atoms with van der Waals surface area (Å²) in [6.07, 6.45) is 0. The Bertz CT molecular complexity index is 2190. The Balaban J connectivity index is 1.64. The first-order valence-electron chi connectivity index (χ1n) is 11.6. The van der Waals surface area contributed by atoms with Gasteiger partial charge in [-0.2, -0.15) is 0 Å². The summed E-state index contributed by atoms with van der Waals surface area (Å²) in [4.78, 5) is 13.0. The Morgan fingerprint density at radius 3 is 2.03 bits per heavy atom. The quantitative estimate of drug-likeness (QED) is 0.188. The number of furan rings is 1. The molecule has 0 radical (unpaired) electrons. The number of rotatable bonds is 1. The molecule has 3 heterocycles. The lowest BCUT2D eigenvalue weighted by Gasteiger charge is -2.10. The largest absolute Gasteiger partial charge is 0.454 e. The summed E-state index contributed by atoms with van der Waals surface area (Å²) in [7, 11) is 0. The fourth-order valence-corrected chi connectivity index (χ4v) is 5.54. The molecule has 4 nitrogen and oxygen atoms in total. The lowest BCUT2D eigenvalue weighted by Crippen LogP contribution is -2.01. The first-order valence-corrected chi connectivity index (χ1v) is 11.6. The van der Waals surface area contributed by atoms with E-state index in [0.717, 1.165) is 60.2 Å². The van der Waals surface area contributed by atoms with Crippen molar-refractivity contribution in [2.45, 2.75) is 0 Å². The topological polar surface area (TPSA) is 48.3 Å². The van der Waals surface area contributed by atoms with Crippen molar-refractivity contribution in [1.29, 1.82) is 0 Å². The molecule has 0 unspecified atom stereocenters. The van der Waals surface area contributed by atoms with Crippen LogP contribution in [0.15, 0.2) is 117 Å². The molecule has 164 valence electrons. The fraction of sp³-hybridized carbons (Fsp3) is 0. The summed E-state index contributed by atoms with van der Waals surface area (Å²) >= 11 is 0. The van der Waals surface area contributed by atoms with Crippen LogP contribution in [0.4, 0.5) is 0 Å². The zero-order valence-electron chi connectivity index (χ0n) is 18.5. The molecule has 0 spiro atoms. The van der Waals surface area contributed by atoms with Crippen LogP contribution in [0.1, 0.15) is 0 Å². The minimum atomic E-state index is -0.334. The van der Waals surface area contributed by atoms with Gasteiger partial charge in [-0.3, -0.25) is 0 Å². The molecule has 0 aliphatic rings. The molecule has 3 aromatic heterocycles. The van der Waals surface area contributed by atoms with Gasteiger partial charge < -0.3 is 13.4 Å². The van der Waals surface area contributed by atoms with Gasteiger partial charge >= 0.3 is 5.63 Å². The Labute approximate surface area is 198 Å². The lowest BCUT2D eigenvalue weighted by atomic mass is 10.1. The van der Waals surface area contributed by atoms with Crippen LogP contribution in [-0.4, -0.2) is 4.57 Å². The molecule has 8 rings (SSSR count). The molecular formula is C31H17NO3. The molecule has 8 aromatic rings. The second kappa shape index (κ2) is 6.61. The predicted molar refractivity (Wildman–Crippen MR) is 142 cm³/mol. The molecule has 4 heteroatoms. The van der Waals surface area contributed by atoms with Crippen LogP contribution in [0, 0.1) is 0 Å². The maximum absolute atomic E-state index is 13.0. The van der Waals surface area contributed by atoms with Crippen molar-refractivity contribution in [3.05, 3.63) is 114 Å². The van der Waals surface area contributed by atoms with E-state index in [0.29, 0.717) is 11.0 Å². The zero-order valence-corrected chi connectivity index (χ0v) is 18.5. The highest BCUT2D eigenvalue weighted by molar-refractivity contribution is 6.21. The summed E-state index contributed by atoms with van der Waals surface area (Å²) in [5, 5.41) is 6.63. The molecule has 0 saturated heterocycles. The number of para-hydroxylation sites is 3. The van der Waals surface area contributed by atoms with Gasteiger partial charge in [0.25, 0.3) is 0 Å². The van der Waals surface area contributed by atoms with Gasteiger partial charge in [-0.1, -0.05) is 72.8 Å². The summed E-state index contributed by atoms with van der Waals surface area (Å²) < 4.78 is 14.6. The Morgan fingerprint density at radius 2 is 1.14 bits per heavy atom. The highest BCUT2D eigenvalue weighted by Gasteiger charge is 2.21. The average molecular weight is 451 g/mol. The van der Waals surface area contributed by atoms with Crippen molar-refractivity contribution in [2.75, 3.05) is 0 Å². The first-order chi connectivity index (χ1) is 17.3. The molecule has 0 atom stereocenters. The van der Waals surface area contributed by atoms with Crippen LogP contribution < -0.4 is 5.63 Å². The minimum Gasteiger partial charge on any atom is -0.454 e. The van der Waals surface area contributed by atoms with Gasteiger partial charge in [-0.25, -0.2) is 4.79 Å². The molecule has 0 saturated carbocycles. The third-order valence-corrected chi connectivity index (χ3v) is 7.05. The number of hydrogen-bond acceptors (Lipinski definition) is 3. The smallest absolute Gasteiger partial charge is 0.344 e. The highest BCUT2D eigenvalue weighted by atomic mass is 16.4. The lowest BCUT2D eigenvalue weighted by molar-refractivity contribution is 0.571. The van der Waals surface area contributed by atoms with Gasteiger partial charge in [-0.15, -0.1) is 0 Å². The summed E-state index contributed by atoms with van der Waals surface area (Å²) in [6.45, 7) is 0. The number of nitrogens with zero attached hydrogens (tertiary/aromatic N) is 1. The number of benzene rings is 5. The summed E-state index contributed by atoms with van der Waals surface area (Å²) in [6, 6.07) is 34.4. The third-order valence-electron chi connectivity index (χ3n) is 7.05. The number of hydrogen-bond donors (Lipinski definition) is 0. The maximum atomic E-state index is 13.0. The summed E-state index contributed by atoms with van der Waals surface area (Å²) in [5.74, 6) is 0. The first kappa shape index (κ1) is 18.6. The Hall–Kier alpha value is -4.83. The molecule has 0 aliphatic carbocycles. The van der Waals surface area contributed by atoms with E-state index < -0.39 is 0 Å². The molecule has 0 bridgehead atoms. The maximum Gasteiger partial charge on any atom is 0.344 e. The predicted octanol–water partition coefficient (Wildman–Crippen LogP) is 7.94. The van der Waals surface area contributed by atoms with Crippen LogP contribution in [0.3, 0.4) is 0 Å². The van der Waals surface area contributed by atoms with E-state index in [1.807, 2.05) is 54.6 Å². The van der Waals surface area contributed by atoms with Crippen molar-refractivity contribution in [2.24, 2.45) is 0 Å². The van der Waals surface area contributed by atoms with Crippen molar-refractivity contribution in [3.63, 3.8) is 0 Å². The Morgan fingerprint density at radius 1 is 0.486 bits per heavy atom. The second-order valence-electron chi connectivity index (χ2n) is 8.88. The van der Waals surface area contributed by atoms with Gasteiger partial charge in [0, 0.05) is 26.9 Å². The van der Waals surface area contributed by atoms with E-state index in [2.05, 4.69) is 53.1 Å². The van der Waals surface area contributed by atoms with Gasteiger partial charge in [0.15, 0.2) is 11.2 Å². The van der Waals surface area contributed by atoms with Gasteiger partial charge in [0.05, 0.1) is 22.1 Å². The molecule has 0 aliphatic heterocycles. The van der Waals surface area contributed by atoms with E-state index in [9.17, 15) is 4.79 Å². The van der Waals surface area contributed by atoms with E-state index in [-0.39, 0.29) is 5.63 Å². The van der Waals surface area contributed by atoms with Crippen LogP contribution in [0.5, 0.6) is 0 Å². The highest BCUT2D eigenvalue weighted by Crippen LogP contribution is 2.40. The van der Waals surface area contributed by atoms with Crippen molar-refractivity contribution < 1.29 is 8.83 Å². The van der Waals surface area contributed by atoms with E-state index in [4.69, 9.17) is 8.83 Å². The van der Waals surface area contributed by atoms with Gasteiger partial charge in [0.1, 0.15) is 5.58 Å².